The van der Waals surface area contributed by atoms with Gasteiger partial charge in [0.15, 0.2) is 6.61 Å². The van der Waals surface area contributed by atoms with E-state index in [1.54, 1.807) is 30.2 Å². The van der Waals surface area contributed by atoms with Crippen LogP contribution in [0.4, 0.5) is 5.69 Å². The van der Waals surface area contributed by atoms with Gasteiger partial charge in [0, 0.05) is 28.7 Å². The highest BCUT2D eigenvalue weighted by molar-refractivity contribution is 9.10. The van der Waals surface area contributed by atoms with Crippen molar-refractivity contribution >= 4 is 33.5 Å². The molecule has 27 heavy (non-hydrogen) atoms. The van der Waals surface area contributed by atoms with Crippen molar-refractivity contribution in [2.24, 2.45) is 0 Å². The summed E-state index contributed by atoms with van der Waals surface area (Å²) in [5, 5.41) is 0. The molecule has 0 bridgehead atoms. The molecule has 1 aliphatic rings. The Morgan fingerprint density at radius 2 is 1.96 bits per heavy atom. The van der Waals surface area contributed by atoms with Gasteiger partial charge in [0.2, 0.25) is 5.91 Å². The minimum absolute atomic E-state index is 0.0980. The third kappa shape index (κ3) is 5.01. The van der Waals surface area contributed by atoms with E-state index in [2.05, 4.69) is 15.9 Å². The van der Waals surface area contributed by atoms with Crippen LogP contribution in [0.5, 0.6) is 11.5 Å². The number of ether oxygens (including phenoxy) is 3. The number of hydrogen-bond acceptors (Lipinski definition) is 5. The summed E-state index contributed by atoms with van der Waals surface area (Å²) in [5.74, 6) is 0.854. The van der Waals surface area contributed by atoms with Crippen LogP contribution in [0.1, 0.15) is 18.4 Å². The van der Waals surface area contributed by atoms with Crippen LogP contribution in [0.25, 0.3) is 0 Å². The van der Waals surface area contributed by atoms with E-state index in [4.69, 9.17) is 14.2 Å². The molecule has 0 aliphatic carbocycles. The van der Waals surface area contributed by atoms with E-state index in [1.807, 2.05) is 24.3 Å². The number of halogens is 1. The Morgan fingerprint density at radius 3 is 2.63 bits per heavy atom. The number of amides is 1. The molecule has 2 aromatic carbocycles. The van der Waals surface area contributed by atoms with Crippen LogP contribution in [-0.4, -0.2) is 32.1 Å². The quantitative estimate of drug-likeness (QED) is 0.622. The summed E-state index contributed by atoms with van der Waals surface area (Å²) in [6.07, 6.45) is 1.47. The molecule has 7 heteroatoms. The first-order valence-electron chi connectivity index (χ1n) is 8.58. The summed E-state index contributed by atoms with van der Waals surface area (Å²) in [5.41, 5.74) is 1.61. The first-order valence-corrected chi connectivity index (χ1v) is 9.37. The lowest BCUT2D eigenvalue weighted by Gasteiger charge is -2.16. The summed E-state index contributed by atoms with van der Waals surface area (Å²) in [4.78, 5) is 25.4. The van der Waals surface area contributed by atoms with Crippen molar-refractivity contribution in [3.63, 3.8) is 0 Å². The summed E-state index contributed by atoms with van der Waals surface area (Å²) >= 11 is 3.38. The largest absolute Gasteiger partial charge is 0.496 e. The maximum Gasteiger partial charge on any atom is 0.344 e. The second-order valence-electron chi connectivity index (χ2n) is 6.05. The summed E-state index contributed by atoms with van der Waals surface area (Å²) in [6, 6.07) is 12.6. The van der Waals surface area contributed by atoms with Crippen molar-refractivity contribution in [1.29, 1.82) is 0 Å². The van der Waals surface area contributed by atoms with Crippen LogP contribution >= 0.6 is 15.9 Å². The second-order valence-corrected chi connectivity index (χ2v) is 6.96. The number of nitrogens with zero attached hydrogens (tertiary/aromatic N) is 1. The van der Waals surface area contributed by atoms with E-state index >= 15 is 0 Å². The molecule has 2 aromatic rings. The molecular weight excluding hydrogens is 414 g/mol. The molecule has 142 valence electrons. The van der Waals surface area contributed by atoms with Gasteiger partial charge in [0.25, 0.3) is 0 Å². The lowest BCUT2D eigenvalue weighted by Crippen LogP contribution is -2.23. The molecule has 0 unspecified atom stereocenters. The van der Waals surface area contributed by atoms with E-state index in [1.165, 1.54) is 0 Å². The highest BCUT2D eigenvalue weighted by Gasteiger charge is 2.21. The van der Waals surface area contributed by atoms with Crippen LogP contribution in [-0.2, 0) is 20.9 Å². The van der Waals surface area contributed by atoms with Gasteiger partial charge < -0.3 is 19.1 Å². The molecule has 1 aliphatic heterocycles. The second kappa shape index (κ2) is 8.90. The zero-order valence-electron chi connectivity index (χ0n) is 14.9. The molecule has 0 aromatic heterocycles. The fraction of sp³-hybridized carbons (Fsp3) is 0.300. The number of methoxy groups -OCH3 is 1. The summed E-state index contributed by atoms with van der Waals surface area (Å²) in [7, 11) is 1.57. The van der Waals surface area contributed by atoms with E-state index in [-0.39, 0.29) is 19.1 Å². The zero-order valence-corrected chi connectivity index (χ0v) is 16.5. The summed E-state index contributed by atoms with van der Waals surface area (Å²) < 4.78 is 16.8. The normalized spacial score (nSPS) is 13.6. The van der Waals surface area contributed by atoms with Gasteiger partial charge in [-0.1, -0.05) is 15.9 Å². The van der Waals surface area contributed by atoms with Gasteiger partial charge in [0.1, 0.15) is 18.1 Å². The number of carbonyl (C=O) groups is 2. The first kappa shape index (κ1) is 19.2. The zero-order chi connectivity index (χ0) is 19.2. The van der Waals surface area contributed by atoms with E-state index in [9.17, 15) is 9.59 Å². The van der Waals surface area contributed by atoms with Gasteiger partial charge in [-0.3, -0.25) is 4.79 Å². The van der Waals surface area contributed by atoms with Crippen LogP contribution in [0, 0.1) is 0 Å². The van der Waals surface area contributed by atoms with Gasteiger partial charge in [-0.15, -0.1) is 0 Å². The van der Waals surface area contributed by atoms with Crippen LogP contribution in [0.15, 0.2) is 46.9 Å². The van der Waals surface area contributed by atoms with E-state index in [0.29, 0.717) is 17.9 Å². The van der Waals surface area contributed by atoms with Gasteiger partial charge in [-0.25, -0.2) is 4.79 Å². The van der Waals surface area contributed by atoms with Crippen molar-refractivity contribution in [2.75, 3.05) is 25.2 Å². The van der Waals surface area contributed by atoms with Crippen molar-refractivity contribution in [3.8, 4) is 11.5 Å². The van der Waals surface area contributed by atoms with Gasteiger partial charge in [-0.2, -0.15) is 0 Å². The third-order valence-corrected chi connectivity index (χ3v) is 4.70. The van der Waals surface area contributed by atoms with Gasteiger partial charge in [0.05, 0.1) is 7.11 Å². The van der Waals surface area contributed by atoms with E-state index < -0.39 is 5.97 Å². The molecule has 1 heterocycles. The average Bonchev–Trinajstić information content (AvgIpc) is 3.11. The molecule has 0 saturated carbocycles. The fourth-order valence-electron chi connectivity index (χ4n) is 2.85. The SMILES string of the molecule is COc1ccc(Br)cc1COC(=O)COc1ccc(N2CCCC2=O)cc1. The Labute approximate surface area is 166 Å². The lowest BCUT2D eigenvalue weighted by molar-refractivity contribution is -0.147. The van der Waals surface area contributed by atoms with Crippen LogP contribution in [0.2, 0.25) is 0 Å². The molecule has 3 rings (SSSR count). The van der Waals surface area contributed by atoms with Crippen molar-refractivity contribution in [1.82, 2.24) is 0 Å². The van der Waals surface area contributed by atoms with Crippen LogP contribution < -0.4 is 14.4 Å². The highest BCUT2D eigenvalue weighted by Crippen LogP contribution is 2.25. The number of anilines is 1. The highest BCUT2D eigenvalue weighted by atomic mass is 79.9. The third-order valence-electron chi connectivity index (χ3n) is 4.21. The molecule has 0 N–H and O–H groups in total. The maximum absolute atomic E-state index is 11.9. The Hall–Kier alpha value is -2.54. The monoisotopic (exact) mass is 433 g/mol. The van der Waals surface area contributed by atoms with Gasteiger partial charge in [-0.05, 0) is 48.9 Å². The van der Waals surface area contributed by atoms with Crippen molar-refractivity contribution < 1.29 is 23.8 Å². The molecule has 6 nitrogen and oxygen atoms in total. The molecule has 0 atom stereocenters. The number of esters is 1. The Kier molecular flexibility index (Phi) is 6.34. The molecular formula is C20H20BrNO5. The standard InChI is InChI=1S/C20H20BrNO5/c1-25-18-9-4-15(21)11-14(18)12-27-20(24)13-26-17-7-5-16(6-8-17)22-10-2-3-19(22)23/h4-9,11H,2-3,10,12-13H2,1H3. The molecule has 1 saturated heterocycles. The van der Waals surface area contributed by atoms with Crippen LogP contribution in [0.3, 0.4) is 0 Å². The Balaban J connectivity index is 1.49. The number of rotatable bonds is 7. The minimum Gasteiger partial charge on any atom is -0.496 e. The Bertz CT molecular complexity index is 822. The maximum atomic E-state index is 11.9. The van der Waals surface area contributed by atoms with E-state index in [0.717, 1.165) is 28.7 Å². The number of carbonyl (C=O) groups excluding carboxylic acids is 2. The number of hydrogen-bond donors (Lipinski definition) is 0. The van der Waals surface area contributed by atoms with Crippen molar-refractivity contribution in [2.45, 2.75) is 19.4 Å². The molecule has 0 spiro atoms. The predicted molar refractivity (Wildman–Crippen MR) is 104 cm³/mol. The van der Waals surface area contributed by atoms with Crippen molar-refractivity contribution in [3.05, 3.63) is 52.5 Å². The molecule has 0 radical (unpaired) electrons. The topological polar surface area (TPSA) is 65.1 Å². The lowest BCUT2D eigenvalue weighted by atomic mass is 10.2. The average molecular weight is 434 g/mol. The first-order chi connectivity index (χ1) is 13.1. The van der Waals surface area contributed by atoms with Gasteiger partial charge >= 0.3 is 5.97 Å². The summed E-state index contributed by atoms with van der Waals surface area (Å²) in [6.45, 7) is 0.642. The smallest absolute Gasteiger partial charge is 0.344 e. The molecule has 1 amide bonds. The fourth-order valence-corrected chi connectivity index (χ4v) is 3.25. The Morgan fingerprint density at radius 1 is 1.19 bits per heavy atom. The number of benzene rings is 2. The molecule has 1 fully saturated rings. The predicted octanol–water partition coefficient (Wildman–Crippen LogP) is 3.71. The minimum atomic E-state index is -0.476.